The summed E-state index contributed by atoms with van der Waals surface area (Å²) in [4.78, 5) is 6.57. The van der Waals surface area contributed by atoms with Gasteiger partial charge in [0.15, 0.2) is 15.8 Å². The fraction of sp³-hybridized carbons (Fsp3) is 0.941. The number of aliphatic imine (C=N–C) groups is 1. The van der Waals surface area contributed by atoms with Crippen LogP contribution in [0.25, 0.3) is 0 Å². The molecule has 1 saturated carbocycles. The van der Waals surface area contributed by atoms with Gasteiger partial charge >= 0.3 is 6.18 Å². The van der Waals surface area contributed by atoms with Crippen LogP contribution in [0.4, 0.5) is 13.2 Å². The van der Waals surface area contributed by atoms with E-state index in [1.807, 2.05) is 11.8 Å². The maximum Gasteiger partial charge on any atom is 0.391 e. The first-order chi connectivity index (χ1) is 12.0. The monoisotopic (exact) mass is 525 g/mol. The highest BCUT2D eigenvalue weighted by molar-refractivity contribution is 14.0. The first kappa shape index (κ1) is 24.8. The third kappa shape index (κ3) is 6.37. The van der Waals surface area contributed by atoms with Crippen LogP contribution in [-0.2, 0) is 9.84 Å². The van der Waals surface area contributed by atoms with E-state index >= 15 is 0 Å². The minimum absolute atomic E-state index is 0. The Morgan fingerprint density at radius 1 is 1.22 bits per heavy atom. The lowest BCUT2D eigenvalue weighted by Crippen LogP contribution is -2.57. The van der Waals surface area contributed by atoms with Crippen molar-refractivity contribution in [2.24, 2.45) is 16.8 Å². The van der Waals surface area contributed by atoms with E-state index < -0.39 is 26.7 Å². The zero-order chi connectivity index (χ0) is 19.6. The minimum atomic E-state index is -4.09. The number of sulfone groups is 1. The summed E-state index contributed by atoms with van der Waals surface area (Å²) < 4.78 is 61.8. The Balaban J connectivity index is 0.00000364. The van der Waals surface area contributed by atoms with E-state index in [1.165, 1.54) is 0 Å². The summed E-state index contributed by atoms with van der Waals surface area (Å²) in [6.07, 6.45) is -2.67. The third-order valence-electron chi connectivity index (χ3n) is 5.49. The van der Waals surface area contributed by atoms with E-state index in [0.717, 1.165) is 0 Å². The number of guanidine groups is 1. The number of nitrogens with zero attached hydrogens (tertiary/aromatic N) is 2. The van der Waals surface area contributed by atoms with E-state index in [-0.39, 0.29) is 48.5 Å². The summed E-state index contributed by atoms with van der Waals surface area (Å²) in [7, 11) is -3.13. The van der Waals surface area contributed by atoms with Gasteiger partial charge in [0.25, 0.3) is 0 Å². The van der Waals surface area contributed by atoms with Crippen LogP contribution >= 0.6 is 24.0 Å². The van der Waals surface area contributed by atoms with Gasteiger partial charge < -0.3 is 10.2 Å². The van der Waals surface area contributed by atoms with Crippen LogP contribution in [0.1, 0.15) is 46.5 Å². The smallest absolute Gasteiger partial charge is 0.357 e. The van der Waals surface area contributed by atoms with Crippen molar-refractivity contribution in [1.29, 1.82) is 0 Å². The second-order valence-electron chi connectivity index (χ2n) is 7.95. The second kappa shape index (κ2) is 9.49. The molecule has 2 rings (SSSR count). The molecule has 1 aliphatic heterocycles. The lowest BCUT2D eigenvalue weighted by atomic mass is 9.82. The van der Waals surface area contributed by atoms with Gasteiger partial charge in [0, 0.05) is 26.2 Å². The number of hydrogen-bond acceptors (Lipinski definition) is 3. The predicted octanol–water partition coefficient (Wildman–Crippen LogP) is 3.45. The van der Waals surface area contributed by atoms with Crippen LogP contribution in [0, 0.1) is 11.8 Å². The van der Waals surface area contributed by atoms with E-state index in [1.54, 1.807) is 13.8 Å². The molecular weight excluding hydrogens is 494 g/mol. The fourth-order valence-corrected chi connectivity index (χ4v) is 5.00. The minimum Gasteiger partial charge on any atom is -0.357 e. The van der Waals surface area contributed by atoms with E-state index in [4.69, 9.17) is 0 Å². The van der Waals surface area contributed by atoms with Crippen molar-refractivity contribution in [3.63, 3.8) is 0 Å². The molecule has 1 heterocycles. The Morgan fingerprint density at radius 3 is 2.30 bits per heavy atom. The van der Waals surface area contributed by atoms with Crippen molar-refractivity contribution in [3.8, 4) is 0 Å². The molecule has 1 aliphatic carbocycles. The number of hydrogen-bond donors (Lipinski definition) is 1. The molecule has 10 heteroatoms. The third-order valence-corrected chi connectivity index (χ3v) is 8.02. The van der Waals surface area contributed by atoms with Gasteiger partial charge in [0.2, 0.25) is 0 Å². The molecule has 1 N–H and O–H groups in total. The molecule has 0 aromatic rings. The van der Waals surface area contributed by atoms with Gasteiger partial charge in [-0.25, -0.2) is 8.42 Å². The predicted molar refractivity (Wildman–Crippen MR) is 112 cm³/mol. The topological polar surface area (TPSA) is 61.8 Å². The van der Waals surface area contributed by atoms with Crippen molar-refractivity contribution in [2.45, 2.75) is 57.4 Å². The molecule has 160 valence electrons. The summed E-state index contributed by atoms with van der Waals surface area (Å²) in [5.41, 5.74) is 0. The van der Waals surface area contributed by atoms with Crippen molar-refractivity contribution in [1.82, 2.24) is 10.2 Å². The van der Waals surface area contributed by atoms with Gasteiger partial charge in [-0.3, -0.25) is 4.99 Å². The van der Waals surface area contributed by atoms with Gasteiger partial charge in [0.05, 0.1) is 16.4 Å². The van der Waals surface area contributed by atoms with Crippen LogP contribution in [-0.4, -0.2) is 62.1 Å². The first-order valence-corrected chi connectivity index (χ1v) is 10.9. The zero-order valence-electron chi connectivity index (χ0n) is 16.2. The summed E-state index contributed by atoms with van der Waals surface area (Å²) in [6, 6.07) is 0. The van der Waals surface area contributed by atoms with E-state index in [9.17, 15) is 21.6 Å². The second-order valence-corrected chi connectivity index (χ2v) is 10.7. The molecule has 5 nitrogen and oxygen atoms in total. The molecule has 1 saturated heterocycles. The molecule has 2 fully saturated rings. The number of halogens is 4. The van der Waals surface area contributed by atoms with Crippen molar-refractivity contribution >= 4 is 39.8 Å². The fourth-order valence-electron chi connectivity index (χ4n) is 3.64. The maximum atomic E-state index is 12.8. The highest BCUT2D eigenvalue weighted by Gasteiger charge is 2.42. The molecule has 27 heavy (non-hydrogen) atoms. The number of alkyl halides is 3. The van der Waals surface area contributed by atoms with Crippen LogP contribution in [0.3, 0.4) is 0 Å². The average Bonchev–Trinajstić information content (AvgIpc) is 2.54. The Labute approximate surface area is 177 Å². The Bertz CT molecular complexity index is 615. The number of nitrogens with one attached hydrogen (secondary N) is 1. The highest BCUT2D eigenvalue weighted by atomic mass is 127. The molecule has 0 amide bonds. The number of rotatable bonds is 3. The van der Waals surface area contributed by atoms with Gasteiger partial charge in [-0.05, 0) is 52.4 Å². The molecular formula is C17H31F3IN3O2S. The van der Waals surface area contributed by atoms with Crippen LogP contribution in [0.15, 0.2) is 4.99 Å². The largest absolute Gasteiger partial charge is 0.391 e. The Kier molecular flexibility index (Phi) is 8.71. The zero-order valence-corrected chi connectivity index (χ0v) is 19.3. The van der Waals surface area contributed by atoms with Crippen LogP contribution < -0.4 is 5.32 Å². The van der Waals surface area contributed by atoms with Crippen LogP contribution in [0.5, 0.6) is 0 Å². The summed E-state index contributed by atoms with van der Waals surface area (Å²) >= 11 is 0. The molecule has 0 radical (unpaired) electrons. The molecule has 0 spiro atoms. The molecule has 0 unspecified atom stereocenters. The van der Waals surface area contributed by atoms with Gasteiger partial charge in [0.1, 0.15) is 0 Å². The van der Waals surface area contributed by atoms with E-state index in [2.05, 4.69) is 10.3 Å². The van der Waals surface area contributed by atoms with Crippen molar-refractivity contribution in [2.75, 3.05) is 31.9 Å². The maximum absolute atomic E-state index is 12.8. The van der Waals surface area contributed by atoms with Gasteiger partial charge in [-0.2, -0.15) is 13.2 Å². The average molecular weight is 525 g/mol. The molecule has 0 atom stereocenters. The van der Waals surface area contributed by atoms with Gasteiger partial charge in [-0.15, -0.1) is 24.0 Å². The standard InChI is InChI=1S/C17H30F3N3O2S.HI/c1-4-21-15(23-9-10-26(24,25)16(2,3)12-23)22-11-13-5-7-14(8-6-13)17(18,19)20;/h13-14H,4-12H2,1-3H3,(H,21,22);1H. The quantitative estimate of drug-likeness (QED) is 0.349. The highest BCUT2D eigenvalue weighted by Crippen LogP contribution is 2.39. The summed E-state index contributed by atoms with van der Waals surface area (Å²) in [6.45, 7) is 7.27. The Hall–Kier alpha value is -0.260. The molecule has 0 aromatic carbocycles. The lowest BCUT2D eigenvalue weighted by Gasteiger charge is -2.39. The summed E-state index contributed by atoms with van der Waals surface area (Å²) in [5.74, 6) is -0.275. The Morgan fingerprint density at radius 2 is 1.81 bits per heavy atom. The first-order valence-electron chi connectivity index (χ1n) is 9.28. The van der Waals surface area contributed by atoms with Crippen LogP contribution in [0.2, 0.25) is 0 Å². The molecule has 0 bridgehead atoms. The summed E-state index contributed by atoms with van der Waals surface area (Å²) in [5, 5.41) is 3.19. The normalized spacial score (nSPS) is 28.4. The van der Waals surface area contributed by atoms with Crippen molar-refractivity contribution in [3.05, 3.63) is 0 Å². The van der Waals surface area contributed by atoms with Crippen molar-refractivity contribution < 1.29 is 21.6 Å². The lowest BCUT2D eigenvalue weighted by molar-refractivity contribution is -0.183. The van der Waals surface area contributed by atoms with Gasteiger partial charge in [-0.1, -0.05) is 0 Å². The molecule has 2 aliphatic rings. The molecule has 0 aromatic heterocycles. The SMILES string of the molecule is CCNC(=NCC1CCC(C(F)(F)F)CC1)N1CCS(=O)(=O)C(C)(C)C1.I. The van der Waals surface area contributed by atoms with E-state index in [0.29, 0.717) is 45.0 Å².